The van der Waals surface area contributed by atoms with Crippen molar-refractivity contribution < 1.29 is 4.92 Å². The fraction of sp³-hybridized carbons (Fsp3) is 0.364. The number of allylic oxidation sites excluding steroid dienone is 2. The molecule has 0 amide bonds. The molecule has 1 aliphatic carbocycles. The fourth-order valence-corrected chi connectivity index (χ4v) is 4.28. The molecule has 4 rings (SSSR count). The summed E-state index contributed by atoms with van der Waals surface area (Å²) in [5, 5.41) is 15.0. The molecule has 0 radical (unpaired) electrons. The highest BCUT2D eigenvalue weighted by atomic mass is 16.6. The molecular weight excluding hydrogens is 324 g/mol. The molecule has 1 aliphatic heterocycles. The summed E-state index contributed by atoms with van der Waals surface area (Å²) >= 11 is 0. The molecule has 4 nitrogen and oxygen atoms in total. The lowest BCUT2D eigenvalue weighted by molar-refractivity contribution is -0.384. The second-order valence-corrected chi connectivity index (χ2v) is 8.35. The van der Waals surface area contributed by atoms with Crippen molar-refractivity contribution in [3.63, 3.8) is 0 Å². The first-order chi connectivity index (χ1) is 12.4. The van der Waals surface area contributed by atoms with Crippen LogP contribution in [0, 0.1) is 16.0 Å². The standard InChI is InChI=1S/C22H24N2O2/c1-22(2,3)15-12-10-14(11-13-15)20-17-7-4-6-16(17)18-8-5-9-19(24(25)26)21(18)23-20/h4-6,8-13,16-17,20,23H,7H2,1-3H3/t16-,17-,20-/m0/s1. The van der Waals surface area contributed by atoms with Crippen LogP contribution < -0.4 is 5.32 Å². The second-order valence-electron chi connectivity index (χ2n) is 8.35. The van der Waals surface area contributed by atoms with E-state index in [1.54, 1.807) is 12.1 Å². The zero-order valence-electron chi connectivity index (χ0n) is 15.4. The Kier molecular flexibility index (Phi) is 3.87. The maximum absolute atomic E-state index is 11.5. The molecule has 0 saturated heterocycles. The molecule has 0 bridgehead atoms. The summed E-state index contributed by atoms with van der Waals surface area (Å²) in [6.07, 6.45) is 5.41. The summed E-state index contributed by atoms with van der Waals surface area (Å²) in [6, 6.07) is 14.2. The van der Waals surface area contributed by atoms with Crippen molar-refractivity contribution in [1.82, 2.24) is 0 Å². The van der Waals surface area contributed by atoms with Gasteiger partial charge in [0.05, 0.1) is 11.0 Å². The largest absolute Gasteiger partial charge is 0.372 e. The average molecular weight is 348 g/mol. The van der Waals surface area contributed by atoms with Crippen LogP contribution in [0.4, 0.5) is 11.4 Å². The van der Waals surface area contributed by atoms with Crippen LogP contribution in [0.15, 0.2) is 54.6 Å². The van der Waals surface area contributed by atoms with Gasteiger partial charge in [0.15, 0.2) is 0 Å². The molecule has 0 unspecified atom stereocenters. The fourth-order valence-electron chi connectivity index (χ4n) is 4.28. The lowest BCUT2D eigenvalue weighted by Crippen LogP contribution is -2.29. The van der Waals surface area contributed by atoms with Crippen LogP contribution in [-0.4, -0.2) is 4.92 Å². The molecular formula is C22H24N2O2. The normalized spacial score (nSPS) is 23.9. The highest BCUT2D eigenvalue weighted by Crippen LogP contribution is 2.52. The maximum Gasteiger partial charge on any atom is 0.292 e. The van der Waals surface area contributed by atoms with Crippen molar-refractivity contribution in [1.29, 1.82) is 0 Å². The Morgan fingerprint density at radius 1 is 1.12 bits per heavy atom. The third-order valence-electron chi connectivity index (χ3n) is 5.71. The van der Waals surface area contributed by atoms with E-state index in [2.05, 4.69) is 62.5 Å². The van der Waals surface area contributed by atoms with Crippen LogP contribution in [0.5, 0.6) is 0 Å². The van der Waals surface area contributed by atoms with Crippen LogP contribution >= 0.6 is 0 Å². The Labute approximate surface area is 154 Å². The van der Waals surface area contributed by atoms with Crippen molar-refractivity contribution in [3.8, 4) is 0 Å². The van der Waals surface area contributed by atoms with E-state index in [4.69, 9.17) is 0 Å². The molecule has 2 aromatic rings. The SMILES string of the molecule is CC(C)(C)c1ccc([C@@H]2Nc3c(cccc3[N+](=O)[O-])[C@H]3C=CC[C@@H]32)cc1. The minimum absolute atomic E-state index is 0.0811. The topological polar surface area (TPSA) is 55.2 Å². The van der Waals surface area contributed by atoms with Crippen LogP contribution in [0.25, 0.3) is 0 Å². The smallest absolute Gasteiger partial charge is 0.292 e. The van der Waals surface area contributed by atoms with Crippen molar-refractivity contribution >= 4 is 11.4 Å². The van der Waals surface area contributed by atoms with Gasteiger partial charge < -0.3 is 5.32 Å². The van der Waals surface area contributed by atoms with E-state index in [1.807, 2.05) is 6.07 Å². The number of nitrogens with one attached hydrogen (secondary N) is 1. The first kappa shape index (κ1) is 16.8. The van der Waals surface area contributed by atoms with Crippen molar-refractivity contribution in [2.75, 3.05) is 5.32 Å². The summed E-state index contributed by atoms with van der Waals surface area (Å²) in [7, 11) is 0. The minimum Gasteiger partial charge on any atom is -0.372 e. The predicted molar refractivity (Wildman–Crippen MR) is 105 cm³/mol. The molecule has 0 aromatic heterocycles. The van der Waals surface area contributed by atoms with E-state index in [0.29, 0.717) is 11.6 Å². The highest BCUT2D eigenvalue weighted by molar-refractivity contribution is 5.71. The molecule has 1 N–H and O–H groups in total. The quantitative estimate of drug-likeness (QED) is 0.429. The molecule has 0 spiro atoms. The zero-order chi connectivity index (χ0) is 18.5. The molecule has 4 heteroatoms. The Morgan fingerprint density at radius 3 is 2.50 bits per heavy atom. The van der Waals surface area contributed by atoms with Gasteiger partial charge in [-0.2, -0.15) is 0 Å². The maximum atomic E-state index is 11.5. The number of benzene rings is 2. The molecule has 26 heavy (non-hydrogen) atoms. The van der Waals surface area contributed by atoms with Gasteiger partial charge in [0, 0.05) is 12.0 Å². The number of para-hydroxylation sites is 1. The number of rotatable bonds is 2. The Bertz CT molecular complexity index is 878. The van der Waals surface area contributed by atoms with Crippen LogP contribution in [0.3, 0.4) is 0 Å². The number of hydrogen-bond donors (Lipinski definition) is 1. The predicted octanol–water partition coefficient (Wildman–Crippen LogP) is 5.72. The molecule has 0 fully saturated rings. The van der Waals surface area contributed by atoms with Crippen LogP contribution in [0.2, 0.25) is 0 Å². The van der Waals surface area contributed by atoms with Gasteiger partial charge >= 0.3 is 0 Å². The first-order valence-electron chi connectivity index (χ1n) is 9.17. The highest BCUT2D eigenvalue weighted by Gasteiger charge is 2.40. The van der Waals surface area contributed by atoms with E-state index in [9.17, 15) is 10.1 Å². The van der Waals surface area contributed by atoms with Gasteiger partial charge in [-0.1, -0.05) is 69.3 Å². The average Bonchev–Trinajstić information content (AvgIpc) is 3.09. The summed E-state index contributed by atoms with van der Waals surface area (Å²) in [6.45, 7) is 6.62. The third kappa shape index (κ3) is 2.70. The van der Waals surface area contributed by atoms with E-state index in [0.717, 1.165) is 12.0 Å². The number of fused-ring (bicyclic) bond motifs is 3. The Hall–Kier alpha value is -2.62. The summed E-state index contributed by atoms with van der Waals surface area (Å²) < 4.78 is 0. The van der Waals surface area contributed by atoms with Gasteiger partial charge in [-0.15, -0.1) is 0 Å². The third-order valence-corrected chi connectivity index (χ3v) is 5.71. The Balaban J connectivity index is 1.76. The minimum atomic E-state index is -0.287. The van der Waals surface area contributed by atoms with Gasteiger partial charge in [-0.3, -0.25) is 10.1 Å². The summed E-state index contributed by atoms with van der Waals surface area (Å²) in [5.41, 5.74) is 4.49. The van der Waals surface area contributed by atoms with Crippen LogP contribution in [-0.2, 0) is 5.41 Å². The second kappa shape index (κ2) is 5.97. The van der Waals surface area contributed by atoms with E-state index < -0.39 is 0 Å². The molecule has 2 aromatic carbocycles. The monoisotopic (exact) mass is 348 g/mol. The van der Waals surface area contributed by atoms with Gasteiger partial charge in [0.25, 0.3) is 5.69 Å². The van der Waals surface area contributed by atoms with Gasteiger partial charge in [-0.05, 0) is 34.4 Å². The molecule has 3 atom stereocenters. The van der Waals surface area contributed by atoms with E-state index >= 15 is 0 Å². The van der Waals surface area contributed by atoms with Crippen molar-refractivity contribution in [3.05, 3.63) is 81.4 Å². The first-order valence-corrected chi connectivity index (χ1v) is 9.17. The zero-order valence-corrected chi connectivity index (χ0v) is 15.4. The molecule has 1 heterocycles. The van der Waals surface area contributed by atoms with Crippen molar-refractivity contribution in [2.45, 2.75) is 44.6 Å². The van der Waals surface area contributed by atoms with Gasteiger partial charge in [0.2, 0.25) is 0 Å². The molecule has 134 valence electrons. The Morgan fingerprint density at radius 2 is 1.85 bits per heavy atom. The van der Waals surface area contributed by atoms with Crippen LogP contribution in [0.1, 0.15) is 55.8 Å². The van der Waals surface area contributed by atoms with E-state index in [-0.39, 0.29) is 28.0 Å². The molecule has 2 aliphatic rings. The summed E-state index contributed by atoms with van der Waals surface area (Å²) in [4.78, 5) is 11.2. The summed E-state index contributed by atoms with van der Waals surface area (Å²) in [5.74, 6) is 0.628. The van der Waals surface area contributed by atoms with E-state index in [1.165, 1.54) is 11.1 Å². The number of anilines is 1. The van der Waals surface area contributed by atoms with Gasteiger partial charge in [-0.25, -0.2) is 0 Å². The number of nitro benzene ring substituents is 1. The lowest BCUT2D eigenvalue weighted by Gasteiger charge is -2.37. The number of hydrogen-bond acceptors (Lipinski definition) is 3. The van der Waals surface area contributed by atoms with Crippen molar-refractivity contribution in [2.24, 2.45) is 5.92 Å². The number of nitrogens with zero attached hydrogens (tertiary/aromatic N) is 1. The molecule has 0 saturated carbocycles. The number of nitro groups is 1. The lowest BCUT2D eigenvalue weighted by atomic mass is 9.76. The van der Waals surface area contributed by atoms with Gasteiger partial charge in [0.1, 0.15) is 5.69 Å².